The van der Waals surface area contributed by atoms with Gasteiger partial charge in [-0.3, -0.25) is 0 Å². The number of aromatic nitrogens is 2. The van der Waals surface area contributed by atoms with Crippen molar-refractivity contribution in [1.29, 1.82) is 0 Å². The molecule has 7 nitrogen and oxygen atoms in total. The van der Waals surface area contributed by atoms with Gasteiger partial charge in [0, 0.05) is 18.2 Å². The fourth-order valence-corrected chi connectivity index (χ4v) is 2.20. The molecule has 0 fully saturated rings. The molecule has 2 aromatic carbocycles. The monoisotopic (exact) mass is 343 g/mol. The summed E-state index contributed by atoms with van der Waals surface area (Å²) in [5.41, 5.74) is 6.98. The second-order valence-electron chi connectivity index (χ2n) is 5.12. The molecule has 0 saturated carbocycles. The predicted octanol–water partition coefficient (Wildman–Crippen LogP) is 3.15. The standard InChI is InChI=1S/C17H14FN3O4/c1-23-9-10-2-4-11(5-3-10)16-20-15(21-25-16)12-6-7-14(13(18)8-12)24-17(19)22/h2-8H,9H2,1H3,(H2,19,22). The molecule has 0 atom stereocenters. The smallest absolute Gasteiger partial charge is 0.407 e. The first kappa shape index (κ1) is 16.6. The predicted molar refractivity (Wildman–Crippen MR) is 86.1 cm³/mol. The average molecular weight is 343 g/mol. The Morgan fingerprint density at radius 3 is 2.56 bits per heavy atom. The minimum Gasteiger partial charge on any atom is -0.407 e. The second kappa shape index (κ2) is 7.10. The third-order valence-electron chi connectivity index (χ3n) is 3.34. The van der Waals surface area contributed by atoms with Crippen LogP contribution >= 0.6 is 0 Å². The molecule has 0 radical (unpaired) electrons. The average Bonchev–Trinajstić information content (AvgIpc) is 3.07. The van der Waals surface area contributed by atoms with Crippen molar-refractivity contribution in [2.45, 2.75) is 6.61 Å². The third-order valence-corrected chi connectivity index (χ3v) is 3.34. The van der Waals surface area contributed by atoms with Gasteiger partial charge in [0.25, 0.3) is 5.89 Å². The molecule has 1 aromatic heterocycles. The van der Waals surface area contributed by atoms with Gasteiger partial charge >= 0.3 is 6.09 Å². The fraction of sp³-hybridized carbons (Fsp3) is 0.118. The highest BCUT2D eigenvalue weighted by molar-refractivity contribution is 5.69. The zero-order valence-corrected chi connectivity index (χ0v) is 13.2. The van der Waals surface area contributed by atoms with Crippen LogP contribution in [-0.2, 0) is 11.3 Å². The molecule has 0 bridgehead atoms. The maximum atomic E-state index is 13.9. The van der Waals surface area contributed by atoms with E-state index in [-0.39, 0.29) is 11.6 Å². The SMILES string of the molecule is COCc1ccc(-c2nc(-c3ccc(OC(N)=O)c(F)c3)no2)cc1. The van der Waals surface area contributed by atoms with Crippen LogP contribution in [0.2, 0.25) is 0 Å². The van der Waals surface area contributed by atoms with Crippen molar-refractivity contribution in [3.8, 4) is 28.6 Å². The molecular formula is C17H14FN3O4. The van der Waals surface area contributed by atoms with Gasteiger partial charge in [-0.05, 0) is 35.9 Å². The zero-order chi connectivity index (χ0) is 17.8. The van der Waals surface area contributed by atoms with Crippen molar-refractivity contribution in [3.63, 3.8) is 0 Å². The number of carbonyl (C=O) groups excluding carboxylic acids is 1. The Kier molecular flexibility index (Phi) is 4.71. The molecule has 0 aliphatic heterocycles. The number of benzene rings is 2. The number of hydrogen-bond donors (Lipinski definition) is 1. The minimum absolute atomic E-state index is 0.209. The number of primary amides is 1. The van der Waals surface area contributed by atoms with E-state index in [4.69, 9.17) is 15.0 Å². The molecule has 0 spiro atoms. The number of nitrogens with two attached hydrogens (primary N) is 1. The highest BCUT2D eigenvalue weighted by Crippen LogP contribution is 2.26. The Morgan fingerprint density at radius 1 is 1.20 bits per heavy atom. The summed E-state index contributed by atoms with van der Waals surface area (Å²) in [5, 5.41) is 3.84. The molecule has 25 heavy (non-hydrogen) atoms. The molecule has 0 aliphatic carbocycles. The highest BCUT2D eigenvalue weighted by Gasteiger charge is 2.14. The van der Waals surface area contributed by atoms with Gasteiger partial charge in [0.2, 0.25) is 5.82 Å². The van der Waals surface area contributed by atoms with Gasteiger partial charge in [-0.25, -0.2) is 9.18 Å². The van der Waals surface area contributed by atoms with E-state index < -0.39 is 11.9 Å². The largest absolute Gasteiger partial charge is 0.410 e. The molecule has 1 amide bonds. The van der Waals surface area contributed by atoms with Gasteiger partial charge in [-0.15, -0.1) is 0 Å². The minimum atomic E-state index is -1.09. The molecular weight excluding hydrogens is 329 g/mol. The molecule has 1 heterocycles. The quantitative estimate of drug-likeness (QED) is 0.764. The van der Waals surface area contributed by atoms with Crippen LogP contribution in [0.15, 0.2) is 47.0 Å². The third kappa shape index (κ3) is 3.81. The van der Waals surface area contributed by atoms with Crippen LogP contribution in [0, 0.1) is 5.82 Å². The van der Waals surface area contributed by atoms with Crippen LogP contribution in [-0.4, -0.2) is 23.3 Å². The first-order valence-corrected chi connectivity index (χ1v) is 7.26. The van der Waals surface area contributed by atoms with Gasteiger partial charge in [0.05, 0.1) is 6.61 Å². The van der Waals surface area contributed by atoms with E-state index in [1.54, 1.807) is 7.11 Å². The van der Waals surface area contributed by atoms with E-state index in [0.717, 1.165) is 17.2 Å². The number of halogens is 1. The maximum absolute atomic E-state index is 13.9. The summed E-state index contributed by atoms with van der Waals surface area (Å²) in [6, 6.07) is 11.3. The molecule has 0 aliphatic rings. The van der Waals surface area contributed by atoms with Crippen LogP contribution in [0.3, 0.4) is 0 Å². The van der Waals surface area contributed by atoms with Crippen molar-refractivity contribution in [2.24, 2.45) is 5.73 Å². The molecule has 3 rings (SSSR count). The number of hydrogen-bond acceptors (Lipinski definition) is 6. The lowest BCUT2D eigenvalue weighted by molar-refractivity contribution is 0.185. The molecule has 128 valence electrons. The number of rotatable bonds is 5. The first-order chi connectivity index (χ1) is 12.1. The van der Waals surface area contributed by atoms with E-state index in [1.807, 2.05) is 24.3 Å². The van der Waals surface area contributed by atoms with E-state index >= 15 is 0 Å². The lowest BCUT2D eigenvalue weighted by atomic mass is 10.1. The highest BCUT2D eigenvalue weighted by atomic mass is 19.1. The van der Waals surface area contributed by atoms with Gasteiger partial charge < -0.3 is 19.7 Å². The Balaban J connectivity index is 1.83. The van der Waals surface area contributed by atoms with Crippen molar-refractivity contribution in [1.82, 2.24) is 10.1 Å². The van der Waals surface area contributed by atoms with Gasteiger partial charge in [0.15, 0.2) is 11.6 Å². The first-order valence-electron chi connectivity index (χ1n) is 7.26. The Bertz CT molecular complexity index is 893. The van der Waals surface area contributed by atoms with Crippen molar-refractivity contribution in [3.05, 3.63) is 53.8 Å². The summed E-state index contributed by atoms with van der Waals surface area (Å²) in [6.07, 6.45) is -1.09. The van der Waals surface area contributed by atoms with Crippen LogP contribution < -0.4 is 10.5 Å². The van der Waals surface area contributed by atoms with E-state index in [9.17, 15) is 9.18 Å². The second-order valence-corrected chi connectivity index (χ2v) is 5.12. The van der Waals surface area contributed by atoms with Crippen molar-refractivity contribution >= 4 is 6.09 Å². The molecule has 2 N–H and O–H groups in total. The molecule has 8 heteroatoms. The number of nitrogens with zero attached hydrogens (tertiary/aromatic N) is 2. The number of methoxy groups -OCH3 is 1. The number of carbonyl (C=O) groups is 1. The summed E-state index contributed by atoms with van der Waals surface area (Å²) in [7, 11) is 1.62. The number of ether oxygens (including phenoxy) is 2. The Labute approximate surface area is 142 Å². The number of amides is 1. The lowest BCUT2D eigenvalue weighted by Gasteiger charge is -2.03. The summed E-state index contributed by atoms with van der Waals surface area (Å²) in [4.78, 5) is 14.9. The molecule has 3 aromatic rings. The lowest BCUT2D eigenvalue weighted by Crippen LogP contribution is -2.16. The Morgan fingerprint density at radius 2 is 1.92 bits per heavy atom. The molecule has 0 unspecified atom stereocenters. The summed E-state index contributed by atoms with van der Waals surface area (Å²) in [5.74, 6) is -0.516. The van der Waals surface area contributed by atoms with E-state index in [1.165, 1.54) is 12.1 Å². The normalized spacial score (nSPS) is 10.6. The topological polar surface area (TPSA) is 100 Å². The van der Waals surface area contributed by atoms with Crippen LogP contribution in [0.4, 0.5) is 9.18 Å². The fourth-order valence-electron chi connectivity index (χ4n) is 2.20. The van der Waals surface area contributed by atoms with Gasteiger partial charge in [0.1, 0.15) is 0 Å². The Hall–Kier alpha value is -3.26. The van der Waals surface area contributed by atoms with Crippen LogP contribution in [0.1, 0.15) is 5.56 Å². The zero-order valence-electron chi connectivity index (χ0n) is 13.2. The van der Waals surface area contributed by atoms with Crippen LogP contribution in [0.25, 0.3) is 22.8 Å². The van der Waals surface area contributed by atoms with Gasteiger partial charge in [-0.2, -0.15) is 4.98 Å². The van der Waals surface area contributed by atoms with Crippen molar-refractivity contribution < 1.29 is 23.2 Å². The van der Waals surface area contributed by atoms with E-state index in [2.05, 4.69) is 14.9 Å². The molecule has 0 saturated heterocycles. The maximum Gasteiger partial charge on any atom is 0.410 e. The van der Waals surface area contributed by atoms with Crippen LogP contribution in [0.5, 0.6) is 5.75 Å². The van der Waals surface area contributed by atoms with Gasteiger partial charge in [-0.1, -0.05) is 17.3 Å². The summed E-state index contributed by atoms with van der Waals surface area (Å²) >= 11 is 0. The summed E-state index contributed by atoms with van der Waals surface area (Å²) < 4.78 is 28.7. The van der Waals surface area contributed by atoms with Crippen molar-refractivity contribution in [2.75, 3.05) is 7.11 Å². The van der Waals surface area contributed by atoms with E-state index in [0.29, 0.717) is 18.1 Å². The summed E-state index contributed by atoms with van der Waals surface area (Å²) in [6.45, 7) is 0.508.